The lowest BCUT2D eigenvalue weighted by molar-refractivity contribution is 0.690. The van der Waals surface area contributed by atoms with Crippen LogP contribution in [0.3, 0.4) is 0 Å². The minimum atomic E-state index is 0.00413. The van der Waals surface area contributed by atoms with Crippen LogP contribution in [0.2, 0.25) is 0 Å². The Bertz CT molecular complexity index is 2180. The van der Waals surface area contributed by atoms with Crippen molar-refractivity contribution in [2.45, 2.75) is 52.2 Å². The summed E-state index contributed by atoms with van der Waals surface area (Å²) in [5.41, 5.74) is 14.1. The average Bonchev–Trinajstić information content (AvgIpc) is 3.63. The number of nitrogens with one attached hydrogen (secondary N) is 1. The van der Waals surface area contributed by atoms with Crippen molar-refractivity contribution in [3.63, 3.8) is 0 Å². The maximum Gasteiger partial charge on any atom is 0.126 e. The van der Waals surface area contributed by atoms with Crippen molar-refractivity contribution in [2.24, 2.45) is 0 Å². The molecular weight excluding hydrogens is 571 g/mol. The molecule has 1 aliphatic rings. The van der Waals surface area contributed by atoms with E-state index in [-0.39, 0.29) is 6.17 Å². The van der Waals surface area contributed by atoms with Crippen LogP contribution >= 0.6 is 0 Å². The van der Waals surface area contributed by atoms with E-state index in [0.29, 0.717) is 11.8 Å². The Morgan fingerprint density at radius 1 is 0.574 bits per heavy atom. The van der Waals surface area contributed by atoms with Crippen LogP contribution < -0.4 is 10.2 Å². The molecule has 0 spiro atoms. The lowest BCUT2D eigenvalue weighted by atomic mass is 9.88. The molecule has 0 radical (unpaired) electrons. The smallest absolute Gasteiger partial charge is 0.126 e. The van der Waals surface area contributed by atoms with E-state index in [1.165, 1.54) is 72.2 Å². The van der Waals surface area contributed by atoms with E-state index in [1.54, 1.807) is 0 Å². The summed E-state index contributed by atoms with van der Waals surface area (Å²) in [4.78, 5) is 2.58. The molecule has 0 fully saturated rings. The summed E-state index contributed by atoms with van der Waals surface area (Å²) in [6.45, 7) is 10.1. The standard InChI is InChI=1S/C44H41N3/c1-29(2)35-18-13-19-36(30(3)4)39(35)28-46-43-21-12-11-20-40(43)45-44(46)33-23-25-42-38(27-33)37-26-32(31-14-7-5-8-15-31)22-24-41(37)47(42)34-16-9-6-10-17-34/h5-27,29-30,44-45H,28H2,1-4H3. The molecule has 1 aliphatic heterocycles. The Morgan fingerprint density at radius 2 is 1.19 bits per heavy atom. The summed E-state index contributed by atoms with van der Waals surface area (Å²) in [6, 6.07) is 51.1. The third-order valence-corrected chi connectivity index (χ3v) is 9.86. The molecule has 2 heterocycles. The van der Waals surface area contributed by atoms with Crippen LogP contribution in [0.1, 0.15) is 68.0 Å². The minimum Gasteiger partial charge on any atom is -0.360 e. The molecule has 1 unspecified atom stereocenters. The van der Waals surface area contributed by atoms with E-state index in [0.717, 1.165) is 6.54 Å². The van der Waals surface area contributed by atoms with Gasteiger partial charge in [0.2, 0.25) is 0 Å². The molecule has 0 saturated carbocycles. The van der Waals surface area contributed by atoms with Gasteiger partial charge in [0.1, 0.15) is 6.17 Å². The first-order chi connectivity index (χ1) is 23.0. The van der Waals surface area contributed by atoms with Gasteiger partial charge in [-0.15, -0.1) is 0 Å². The van der Waals surface area contributed by atoms with Crippen LogP contribution in [0.15, 0.2) is 140 Å². The van der Waals surface area contributed by atoms with Crippen molar-refractivity contribution in [2.75, 3.05) is 10.2 Å². The van der Waals surface area contributed by atoms with Crippen molar-refractivity contribution < 1.29 is 0 Å². The van der Waals surface area contributed by atoms with E-state index in [2.05, 4.69) is 182 Å². The third kappa shape index (κ3) is 5.07. The Kier molecular flexibility index (Phi) is 7.33. The van der Waals surface area contributed by atoms with Gasteiger partial charge in [-0.25, -0.2) is 0 Å². The first-order valence-corrected chi connectivity index (χ1v) is 16.9. The molecule has 1 atom stereocenters. The van der Waals surface area contributed by atoms with Gasteiger partial charge < -0.3 is 14.8 Å². The molecule has 47 heavy (non-hydrogen) atoms. The zero-order valence-corrected chi connectivity index (χ0v) is 27.6. The molecule has 6 aromatic carbocycles. The minimum absolute atomic E-state index is 0.00413. The largest absolute Gasteiger partial charge is 0.360 e. The summed E-state index contributed by atoms with van der Waals surface area (Å²) >= 11 is 0. The predicted molar refractivity (Wildman–Crippen MR) is 200 cm³/mol. The quantitative estimate of drug-likeness (QED) is 0.193. The summed E-state index contributed by atoms with van der Waals surface area (Å²) in [5.74, 6) is 0.902. The molecule has 232 valence electrons. The van der Waals surface area contributed by atoms with Crippen LogP contribution in [-0.4, -0.2) is 4.57 Å². The fourth-order valence-electron chi connectivity index (χ4n) is 7.58. The fourth-order valence-corrected chi connectivity index (χ4v) is 7.58. The Labute approximate surface area is 278 Å². The number of hydrogen-bond acceptors (Lipinski definition) is 2. The summed E-state index contributed by atoms with van der Waals surface area (Å²) in [7, 11) is 0. The van der Waals surface area contributed by atoms with Gasteiger partial charge >= 0.3 is 0 Å². The highest BCUT2D eigenvalue weighted by molar-refractivity contribution is 6.10. The number of para-hydroxylation sites is 3. The molecule has 3 nitrogen and oxygen atoms in total. The molecule has 0 saturated heterocycles. The fraction of sp³-hybridized carbons (Fsp3) is 0.182. The van der Waals surface area contributed by atoms with Gasteiger partial charge in [0.05, 0.1) is 22.4 Å². The maximum absolute atomic E-state index is 3.93. The molecule has 3 heteroatoms. The van der Waals surface area contributed by atoms with Crippen LogP contribution in [0.4, 0.5) is 11.4 Å². The highest BCUT2D eigenvalue weighted by Crippen LogP contribution is 2.45. The van der Waals surface area contributed by atoms with Gasteiger partial charge in [0, 0.05) is 23.0 Å². The number of nitrogens with zero attached hydrogens (tertiary/aromatic N) is 2. The van der Waals surface area contributed by atoms with Gasteiger partial charge in [0.25, 0.3) is 0 Å². The lowest BCUT2D eigenvalue weighted by Gasteiger charge is -2.30. The Balaban J connectivity index is 1.31. The van der Waals surface area contributed by atoms with E-state index in [9.17, 15) is 0 Å². The highest BCUT2D eigenvalue weighted by atomic mass is 15.3. The predicted octanol–water partition coefficient (Wildman–Crippen LogP) is 11.8. The van der Waals surface area contributed by atoms with Crippen LogP contribution in [0, 0.1) is 0 Å². The van der Waals surface area contributed by atoms with Crippen LogP contribution in [-0.2, 0) is 6.54 Å². The first-order valence-electron chi connectivity index (χ1n) is 16.9. The third-order valence-electron chi connectivity index (χ3n) is 9.86. The molecule has 0 amide bonds. The topological polar surface area (TPSA) is 20.2 Å². The molecule has 8 rings (SSSR count). The van der Waals surface area contributed by atoms with Gasteiger partial charge in [-0.05, 0) is 93.7 Å². The number of fused-ring (bicyclic) bond motifs is 4. The molecule has 0 bridgehead atoms. The van der Waals surface area contributed by atoms with Crippen LogP contribution in [0.25, 0.3) is 38.6 Å². The second-order valence-corrected chi connectivity index (χ2v) is 13.5. The Hall–Kier alpha value is -5.28. The molecule has 1 N–H and O–H groups in total. The number of hydrogen-bond donors (Lipinski definition) is 1. The van der Waals surface area contributed by atoms with Gasteiger partial charge in [-0.3, -0.25) is 0 Å². The van der Waals surface area contributed by atoms with Gasteiger partial charge in [0.15, 0.2) is 0 Å². The summed E-state index contributed by atoms with van der Waals surface area (Å²) < 4.78 is 2.41. The van der Waals surface area contributed by atoms with Crippen molar-refractivity contribution >= 4 is 33.2 Å². The van der Waals surface area contributed by atoms with Crippen LogP contribution in [0.5, 0.6) is 0 Å². The van der Waals surface area contributed by atoms with Gasteiger partial charge in [-0.2, -0.15) is 0 Å². The number of aromatic nitrogens is 1. The normalized spacial score (nSPS) is 14.3. The average molecular weight is 612 g/mol. The monoisotopic (exact) mass is 611 g/mol. The zero-order chi connectivity index (χ0) is 32.1. The number of rotatable bonds is 7. The molecular formula is C44H41N3. The van der Waals surface area contributed by atoms with E-state index in [1.807, 2.05) is 0 Å². The van der Waals surface area contributed by atoms with Gasteiger partial charge in [-0.1, -0.05) is 119 Å². The van der Waals surface area contributed by atoms with E-state index < -0.39 is 0 Å². The van der Waals surface area contributed by atoms with Crippen molar-refractivity contribution in [3.05, 3.63) is 162 Å². The van der Waals surface area contributed by atoms with Crippen molar-refractivity contribution in [1.29, 1.82) is 0 Å². The Morgan fingerprint density at radius 3 is 1.89 bits per heavy atom. The first kappa shape index (κ1) is 29.1. The molecule has 0 aliphatic carbocycles. The molecule has 7 aromatic rings. The summed E-state index contributed by atoms with van der Waals surface area (Å²) in [5, 5.41) is 6.46. The maximum atomic E-state index is 3.93. The van der Waals surface area contributed by atoms with E-state index in [4.69, 9.17) is 0 Å². The van der Waals surface area contributed by atoms with Crippen molar-refractivity contribution in [3.8, 4) is 16.8 Å². The summed E-state index contributed by atoms with van der Waals surface area (Å²) in [6.07, 6.45) is 0.00413. The number of benzene rings is 6. The second-order valence-electron chi connectivity index (χ2n) is 13.5. The zero-order valence-electron chi connectivity index (χ0n) is 27.6. The molecule has 1 aromatic heterocycles. The van der Waals surface area contributed by atoms with E-state index >= 15 is 0 Å². The lowest BCUT2D eigenvalue weighted by Crippen LogP contribution is -2.28. The highest BCUT2D eigenvalue weighted by Gasteiger charge is 2.32. The van der Waals surface area contributed by atoms with Crippen molar-refractivity contribution in [1.82, 2.24) is 4.57 Å². The second kappa shape index (κ2) is 11.8. The number of anilines is 2. The SMILES string of the molecule is CC(C)c1cccc(C(C)C)c1CN1c2ccccc2NC1c1ccc2c(c1)c1cc(-c3ccccc3)ccc1n2-c1ccccc1.